The molecule has 4 nitrogen and oxygen atoms in total. The summed E-state index contributed by atoms with van der Waals surface area (Å²) in [5.74, 6) is -0.122. The van der Waals surface area contributed by atoms with Crippen molar-refractivity contribution in [3.05, 3.63) is 23.8 Å². The van der Waals surface area contributed by atoms with Gasteiger partial charge in [0.15, 0.2) is 0 Å². The lowest BCUT2D eigenvalue weighted by Gasteiger charge is -2.16. The molecule has 0 aromatic heterocycles. The molecule has 0 aliphatic heterocycles. The number of aliphatic hydroxyl groups excluding tert-OH is 2. The van der Waals surface area contributed by atoms with Gasteiger partial charge in [-0.25, -0.2) is 0 Å². The highest BCUT2D eigenvalue weighted by Crippen LogP contribution is 2.25. The minimum absolute atomic E-state index is 0.0543. The quantitative estimate of drug-likeness (QED) is 0.339. The molecular formula is C9H12ClNO3. The van der Waals surface area contributed by atoms with E-state index in [0.717, 1.165) is 0 Å². The van der Waals surface area contributed by atoms with E-state index in [2.05, 4.69) is 0 Å². The summed E-state index contributed by atoms with van der Waals surface area (Å²) in [5, 5.41) is 27.9. The predicted molar refractivity (Wildman–Crippen MR) is 54.2 cm³/mol. The fraction of sp³-hybridized carbons (Fsp3) is 0.333. The molecule has 0 aliphatic carbocycles. The summed E-state index contributed by atoms with van der Waals surface area (Å²) in [5.41, 5.74) is 6.00. The molecule has 0 bridgehead atoms. The van der Waals surface area contributed by atoms with Gasteiger partial charge in [0.2, 0.25) is 0 Å². The second-order valence-corrected chi connectivity index (χ2v) is 3.29. The van der Waals surface area contributed by atoms with Crippen LogP contribution in [0.15, 0.2) is 18.2 Å². The molecule has 78 valence electrons. The fourth-order valence-corrected chi connectivity index (χ4v) is 1.23. The summed E-state index contributed by atoms with van der Waals surface area (Å²) < 4.78 is 0. The number of phenols is 1. The number of anilines is 1. The Kier molecular flexibility index (Phi) is 3.57. The van der Waals surface area contributed by atoms with E-state index in [1.165, 1.54) is 18.2 Å². The first-order chi connectivity index (χ1) is 6.56. The lowest BCUT2D eigenvalue weighted by molar-refractivity contribution is 0.0327. The maximum atomic E-state index is 9.53. The van der Waals surface area contributed by atoms with Gasteiger partial charge in [-0.3, -0.25) is 0 Å². The minimum atomic E-state index is -1.09. The minimum Gasteiger partial charge on any atom is -0.506 e. The first kappa shape index (κ1) is 11.1. The summed E-state index contributed by atoms with van der Waals surface area (Å²) in [6.45, 7) is 0. The Morgan fingerprint density at radius 3 is 2.50 bits per heavy atom. The van der Waals surface area contributed by atoms with Gasteiger partial charge in [-0.15, -0.1) is 11.6 Å². The number of nitrogens with two attached hydrogens (primary N) is 1. The largest absolute Gasteiger partial charge is 0.506 e. The van der Waals surface area contributed by atoms with Gasteiger partial charge in [0.1, 0.15) is 11.9 Å². The monoisotopic (exact) mass is 217 g/mol. The number of aliphatic hydroxyl groups is 2. The zero-order valence-corrected chi connectivity index (χ0v) is 8.15. The normalized spacial score (nSPS) is 15.1. The van der Waals surface area contributed by atoms with Crippen molar-refractivity contribution >= 4 is 17.3 Å². The smallest absolute Gasteiger partial charge is 0.138 e. The van der Waals surface area contributed by atoms with Gasteiger partial charge in [-0.2, -0.15) is 0 Å². The van der Waals surface area contributed by atoms with Crippen LogP contribution in [0.2, 0.25) is 0 Å². The summed E-state index contributed by atoms with van der Waals surface area (Å²) in [6.07, 6.45) is -2.13. The maximum absolute atomic E-state index is 9.53. The van der Waals surface area contributed by atoms with Crippen molar-refractivity contribution in [2.24, 2.45) is 0 Å². The third-order valence-corrected chi connectivity index (χ3v) is 2.23. The molecule has 2 atom stereocenters. The summed E-state index contributed by atoms with van der Waals surface area (Å²) in [6, 6.07) is 4.23. The van der Waals surface area contributed by atoms with E-state index in [1.54, 1.807) is 0 Å². The van der Waals surface area contributed by atoms with Gasteiger partial charge in [0, 0.05) is 0 Å². The van der Waals surface area contributed by atoms with Crippen molar-refractivity contribution in [3.8, 4) is 5.75 Å². The molecule has 14 heavy (non-hydrogen) atoms. The van der Waals surface area contributed by atoms with Crippen LogP contribution in [0.25, 0.3) is 0 Å². The van der Waals surface area contributed by atoms with E-state index in [1.807, 2.05) is 0 Å². The van der Waals surface area contributed by atoms with Crippen LogP contribution >= 0.6 is 11.6 Å². The molecule has 0 heterocycles. The van der Waals surface area contributed by atoms with Crippen LogP contribution in [0, 0.1) is 0 Å². The van der Waals surface area contributed by atoms with Crippen LogP contribution < -0.4 is 5.73 Å². The molecule has 0 amide bonds. The fourth-order valence-electron chi connectivity index (χ4n) is 1.06. The van der Waals surface area contributed by atoms with Crippen molar-refractivity contribution in [3.63, 3.8) is 0 Å². The third kappa shape index (κ3) is 2.29. The van der Waals surface area contributed by atoms with Crippen molar-refractivity contribution in [2.45, 2.75) is 12.2 Å². The van der Waals surface area contributed by atoms with Crippen LogP contribution in [-0.2, 0) is 0 Å². The molecule has 5 N–H and O–H groups in total. The maximum Gasteiger partial charge on any atom is 0.138 e. The highest BCUT2D eigenvalue weighted by molar-refractivity contribution is 6.18. The molecule has 0 saturated heterocycles. The van der Waals surface area contributed by atoms with Crippen LogP contribution in [0.4, 0.5) is 5.69 Å². The van der Waals surface area contributed by atoms with Crippen molar-refractivity contribution in [1.82, 2.24) is 0 Å². The summed E-state index contributed by atoms with van der Waals surface area (Å²) >= 11 is 5.38. The van der Waals surface area contributed by atoms with Crippen LogP contribution in [0.1, 0.15) is 11.7 Å². The number of halogens is 1. The predicted octanol–water partition coefficient (Wildman–Crippen LogP) is 0.608. The second-order valence-electron chi connectivity index (χ2n) is 2.98. The lowest BCUT2D eigenvalue weighted by Crippen LogP contribution is -2.19. The Morgan fingerprint density at radius 1 is 1.36 bits per heavy atom. The van der Waals surface area contributed by atoms with Gasteiger partial charge in [-0.05, 0) is 17.7 Å². The van der Waals surface area contributed by atoms with Crippen molar-refractivity contribution in [1.29, 1.82) is 0 Å². The number of rotatable bonds is 3. The van der Waals surface area contributed by atoms with Gasteiger partial charge >= 0.3 is 0 Å². The van der Waals surface area contributed by atoms with E-state index in [0.29, 0.717) is 5.56 Å². The molecule has 5 heteroatoms. The molecule has 1 rings (SSSR count). The van der Waals surface area contributed by atoms with Gasteiger partial charge in [0.25, 0.3) is 0 Å². The number of hydrogen-bond donors (Lipinski definition) is 4. The Balaban J connectivity index is 2.91. The second kappa shape index (κ2) is 4.50. The Bertz CT molecular complexity index is 319. The van der Waals surface area contributed by atoms with Crippen LogP contribution in [0.3, 0.4) is 0 Å². The van der Waals surface area contributed by atoms with Crippen LogP contribution in [-0.4, -0.2) is 27.3 Å². The van der Waals surface area contributed by atoms with E-state index in [-0.39, 0.29) is 17.3 Å². The average Bonchev–Trinajstić information content (AvgIpc) is 2.20. The third-order valence-electron chi connectivity index (χ3n) is 1.92. The molecule has 1 aromatic carbocycles. The molecular weight excluding hydrogens is 206 g/mol. The van der Waals surface area contributed by atoms with E-state index in [9.17, 15) is 10.2 Å². The van der Waals surface area contributed by atoms with Gasteiger partial charge in [0.05, 0.1) is 17.7 Å². The first-order valence-corrected chi connectivity index (χ1v) is 4.60. The standard InChI is InChI=1S/C9H12ClNO3/c10-4-8(13)9(14)5-1-2-7(12)6(11)3-5/h1-3,8-9,12-14H,4,11H2. The number of phenolic OH excluding ortho intramolecular Hbond substituents is 1. The van der Waals surface area contributed by atoms with E-state index < -0.39 is 12.2 Å². The van der Waals surface area contributed by atoms with Gasteiger partial charge < -0.3 is 21.1 Å². The van der Waals surface area contributed by atoms with Gasteiger partial charge in [-0.1, -0.05) is 6.07 Å². The highest BCUT2D eigenvalue weighted by atomic mass is 35.5. The van der Waals surface area contributed by atoms with Crippen molar-refractivity contribution in [2.75, 3.05) is 11.6 Å². The molecule has 2 unspecified atom stereocenters. The van der Waals surface area contributed by atoms with E-state index in [4.69, 9.17) is 22.4 Å². The Labute approximate surface area is 86.6 Å². The molecule has 0 fully saturated rings. The molecule has 0 spiro atoms. The number of benzene rings is 1. The number of nitrogen functional groups attached to an aromatic ring is 1. The molecule has 0 saturated carbocycles. The SMILES string of the molecule is Nc1cc(C(O)C(O)CCl)ccc1O. The topological polar surface area (TPSA) is 86.7 Å². The lowest BCUT2D eigenvalue weighted by atomic mass is 10.0. The Morgan fingerprint density at radius 2 is 2.00 bits per heavy atom. The first-order valence-electron chi connectivity index (χ1n) is 4.06. The zero-order valence-electron chi connectivity index (χ0n) is 7.39. The molecule has 0 aliphatic rings. The highest BCUT2D eigenvalue weighted by Gasteiger charge is 2.17. The number of aromatic hydroxyl groups is 1. The summed E-state index contributed by atoms with van der Waals surface area (Å²) in [4.78, 5) is 0. The Hall–Kier alpha value is -0.970. The molecule has 0 radical (unpaired) electrons. The summed E-state index contributed by atoms with van der Waals surface area (Å²) in [7, 11) is 0. The van der Waals surface area contributed by atoms with E-state index >= 15 is 0 Å². The number of alkyl halides is 1. The zero-order chi connectivity index (χ0) is 10.7. The van der Waals surface area contributed by atoms with Crippen LogP contribution in [0.5, 0.6) is 5.75 Å². The number of hydrogen-bond acceptors (Lipinski definition) is 4. The average molecular weight is 218 g/mol. The van der Waals surface area contributed by atoms with Crippen molar-refractivity contribution < 1.29 is 15.3 Å². The molecule has 1 aromatic rings.